The first-order chi connectivity index (χ1) is 8.59. The number of rotatable bonds is 4. The van der Waals surface area contributed by atoms with Crippen LogP contribution >= 0.6 is 39.3 Å². The lowest BCUT2D eigenvalue weighted by Gasteiger charge is -2.08. The number of aromatic nitrogens is 3. The van der Waals surface area contributed by atoms with Gasteiger partial charge in [-0.1, -0.05) is 29.4 Å². The first-order valence-electron chi connectivity index (χ1n) is 4.78. The first kappa shape index (κ1) is 13.4. The van der Waals surface area contributed by atoms with Crippen LogP contribution in [0.1, 0.15) is 0 Å². The Hall–Kier alpha value is -1.05. The number of hydrogen-bond donors (Lipinski definition) is 1. The van der Waals surface area contributed by atoms with Crippen LogP contribution in [0.5, 0.6) is 0 Å². The average Bonchev–Trinajstić information content (AvgIpc) is 2.78. The Morgan fingerprint density at radius 1 is 1.56 bits per heavy atom. The number of carboxylic acids is 1. The fourth-order valence-corrected chi connectivity index (χ4v) is 2.56. The van der Waals surface area contributed by atoms with Gasteiger partial charge in [0.15, 0.2) is 5.16 Å². The molecule has 5 nitrogen and oxygen atoms in total. The molecule has 0 unspecified atom stereocenters. The molecular weight excluding hydrogens is 342 g/mol. The van der Waals surface area contributed by atoms with Crippen LogP contribution in [0.3, 0.4) is 0 Å². The van der Waals surface area contributed by atoms with Crippen molar-refractivity contribution in [3.05, 3.63) is 34.0 Å². The molecule has 0 spiro atoms. The minimum absolute atomic E-state index is 0.0725. The Morgan fingerprint density at radius 2 is 2.33 bits per heavy atom. The zero-order chi connectivity index (χ0) is 13.1. The number of carboxylic acid groups (broad SMARTS) is 1. The number of carbonyl (C=O) groups is 1. The molecular formula is C10H7BrClN3O2S. The highest BCUT2D eigenvalue weighted by atomic mass is 79.9. The summed E-state index contributed by atoms with van der Waals surface area (Å²) in [5, 5.41) is 17.4. The van der Waals surface area contributed by atoms with Crippen molar-refractivity contribution in [1.29, 1.82) is 0 Å². The molecule has 0 bridgehead atoms. The third kappa shape index (κ3) is 2.85. The standard InChI is InChI=1S/C10H7BrClN3O2S/c11-9-6(12)2-1-3-7(9)15-5-13-14-10(15)18-4-8(16)17/h1-3,5H,4H2,(H,16,17). The van der Waals surface area contributed by atoms with Crippen LogP contribution in [0.2, 0.25) is 5.02 Å². The van der Waals surface area contributed by atoms with E-state index < -0.39 is 5.97 Å². The van der Waals surface area contributed by atoms with Crippen LogP contribution in [-0.4, -0.2) is 31.6 Å². The molecule has 1 aromatic carbocycles. The quantitative estimate of drug-likeness (QED) is 0.861. The molecule has 0 saturated heterocycles. The smallest absolute Gasteiger partial charge is 0.313 e. The molecule has 0 radical (unpaired) electrons. The van der Waals surface area contributed by atoms with Crippen LogP contribution < -0.4 is 0 Å². The Kier molecular flexibility index (Phi) is 4.26. The van der Waals surface area contributed by atoms with Crippen molar-refractivity contribution in [2.75, 3.05) is 5.75 Å². The highest BCUT2D eigenvalue weighted by Crippen LogP contribution is 2.30. The van der Waals surface area contributed by atoms with Gasteiger partial charge in [0.05, 0.1) is 20.9 Å². The van der Waals surface area contributed by atoms with Crippen LogP contribution in [0.15, 0.2) is 34.2 Å². The van der Waals surface area contributed by atoms with Crippen molar-refractivity contribution in [2.24, 2.45) is 0 Å². The molecule has 94 valence electrons. The average molecular weight is 349 g/mol. The fourth-order valence-electron chi connectivity index (χ4n) is 1.29. The van der Waals surface area contributed by atoms with Crippen LogP contribution in [0, 0.1) is 0 Å². The van der Waals surface area contributed by atoms with E-state index in [0.29, 0.717) is 14.7 Å². The third-order valence-corrected chi connectivity index (χ3v) is 4.34. The minimum Gasteiger partial charge on any atom is -0.481 e. The normalized spacial score (nSPS) is 10.6. The monoisotopic (exact) mass is 347 g/mol. The summed E-state index contributed by atoms with van der Waals surface area (Å²) in [6.45, 7) is 0. The van der Waals surface area contributed by atoms with Gasteiger partial charge in [-0.2, -0.15) is 0 Å². The van der Waals surface area contributed by atoms with Crippen LogP contribution in [0.4, 0.5) is 0 Å². The number of hydrogen-bond acceptors (Lipinski definition) is 4. The Morgan fingerprint density at radius 3 is 3.06 bits per heavy atom. The number of thioether (sulfide) groups is 1. The number of benzene rings is 1. The molecule has 0 amide bonds. The predicted molar refractivity (Wildman–Crippen MR) is 72.4 cm³/mol. The van der Waals surface area contributed by atoms with Gasteiger partial charge in [0, 0.05) is 0 Å². The van der Waals surface area contributed by atoms with Crippen molar-refractivity contribution >= 4 is 45.3 Å². The molecule has 0 atom stereocenters. The lowest BCUT2D eigenvalue weighted by Crippen LogP contribution is -2.01. The van der Waals surface area contributed by atoms with Crippen molar-refractivity contribution in [2.45, 2.75) is 5.16 Å². The van der Waals surface area contributed by atoms with Gasteiger partial charge in [0.25, 0.3) is 0 Å². The summed E-state index contributed by atoms with van der Waals surface area (Å²) < 4.78 is 2.40. The van der Waals surface area contributed by atoms with E-state index in [1.165, 1.54) is 6.33 Å². The summed E-state index contributed by atoms with van der Waals surface area (Å²) in [6, 6.07) is 5.39. The van der Waals surface area contributed by atoms with Gasteiger partial charge < -0.3 is 5.11 Å². The maximum atomic E-state index is 10.6. The summed E-state index contributed by atoms with van der Waals surface area (Å²) in [6.07, 6.45) is 1.51. The number of aliphatic carboxylic acids is 1. The van der Waals surface area contributed by atoms with Crippen LogP contribution in [0.25, 0.3) is 5.69 Å². The molecule has 0 fully saturated rings. The Balaban J connectivity index is 2.36. The minimum atomic E-state index is -0.903. The van der Waals surface area contributed by atoms with E-state index in [1.807, 2.05) is 6.07 Å². The topological polar surface area (TPSA) is 68.0 Å². The van der Waals surface area contributed by atoms with Gasteiger partial charge in [-0.3, -0.25) is 9.36 Å². The van der Waals surface area contributed by atoms with Crippen LogP contribution in [-0.2, 0) is 4.79 Å². The van der Waals surface area contributed by atoms with E-state index in [9.17, 15) is 4.79 Å². The molecule has 0 aliphatic carbocycles. The highest BCUT2D eigenvalue weighted by molar-refractivity contribution is 9.10. The Bertz CT molecular complexity index is 590. The molecule has 1 aromatic heterocycles. The summed E-state index contributed by atoms with van der Waals surface area (Å²) in [7, 11) is 0. The zero-order valence-electron chi connectivity index (χ0n) is 8.88. The summed E-state index contributed by atoms with van der Waals surface area (Å²) in [5.41, 5.74) is 0.764. The summed E-state index contributed by atoms with van der Waals surface area (Å²) in [5.74, 6) is -0.976. The van der Waals surface area contributed by atoms with E-state index in [2.05, 4.69) is 26.1 Å². The SMILES string of the molecule is O=C(O)CSc1nncn1-c1cccc(Cl)c1Br. The predicted octanol–water partition coefficient (Wildman–Crippen LogP) is 2.86. The van der Waals surface area contributed by atoms with Gasteiger partial charge in [-0.15, -0.1) is 10.2 Å². The number of halogens is 2. The molecule has 0 saturated carbocycles. The van der Waals surface area contributed by atoms with Crippen molar-refractivity contribution in [1.82, 2.24) is 14.8 Å². The molecule has 1 N–H and O–H groups in total. The maximum absolute atomic E-state index is 10.6. The molecule has 0 aliphatic rings. The fraction of sp³-hybridized carbons (Fsp3) is 0.100. The molecule has 8 heteroatoms. The van der Waals surface area contributed by atoms with Crippen molar-refractivity contribution < 1.29 is 9.90 Å². The van der Waals surface area contributed by atoms with E-state index in [-0.39, 0.29) is 5.75 Å². The highest BCUT2D eigenvalue weighted by Gasteiger charge is 2.12. The summed E-state index contributed by atoms with van der Waals surface area (Å²) in [4.78, 5) is 10.6. The van der Waals surface area contributed by atoms with E-state index in [1.54, 1.807) is 16.7 Å². The zero-order valence-corrected chi connectivity index (χ0v) is 12.0. The molecule has 1 heterocycles. The largest absolute Gasteiger partial charge is 0.481 e. The maximum Gasteiger partial charge on any atom is 0.313 e. The van der Waals surface area contributed by atoms with Gasteiger partial charge in [0.2, 0.25) is 0 Å². The Labute approximate surface area is 120 Å². The molecule has 2 rings (SSSR count). The molecule has 18 heavy (non-hydrogen) atoms. The van der Waals surface area contributed by atoms with Crippen molar-refractivity contribution in [3.63, 3.8) is 0 Å². The van der Waals surface area contributed by atoms with E-state index in [0.717, 1.165) is 17.4 Å². The lowest BCUT2D eigenvalue weighted by atomic mass is 10.3. The lowest BCUT2D eigenvalue weighted by molar-refractivity contribution is -0.133. The van der Waals surface area contributed by atoms with E-state index in [4.69, 9.17) is 16.7 Å². The van der Waals surface area contributed by atoms with Gasteiger partial charge in [0.1, 0.15) is 6.33 Å². The number of nitrogens with zero attached hydrogens (tertiary/aromatic N) is 3. The second-order valence-electron chi connectivity index (χ2n) is 3.24. The molecule has 2 aromatic rings. The second-order valence-corrected chi connectivity index (χ2v) is 5.38. The first-order valence-corrected chi connectivity index (χ1v) is 6.94. The summed E-state index contributed by atoms with van der Waals surface area (Å²) >= 11 is 10.5. The van der Waals surface area contributed by atoms with E-state index >= 15 is 0 Å². The van der Waals surface area contributed by atoms with Gasteiger partial charge >= 0.3 is 5.97 Å². The molecule has 0 aliphatic heterocycles. The second kappa shape index (κ2) is 5.73. The van der Waals surface area contributed by atoms with Crippen molar-refractivity contribution in [3.8, 4) is 5.69 Å². The third-order valence-electron chi connectivity index (χ3n) is 2.03. The van der Waals surface area contributed by atoms with Gasteiger partial charge in [-0.25, -0.2) is 0 Å². The van der Waals surface area contributed by atoms with Gasteiger partial charge in [-0.05, 0) is 28.1 Å².